The second-order valence-electron chi connectivity index (χ2n) is 14.7. The fraction of sp³-hybridized carbons (Fsp3) is 0. The van der Waals surface area contributed by atoms with Gasteiger partial charge in [-0.15, -0.1) is 0 Å². The molecule has 0 heteroatoms. The van der Waals surface area contributed by atoms with E-state index >= 15 is 0 Å². The minimum absolute atomic E-state index is 1.09. The smallest absolute Gasteiger partial charge is 0.0412 e. The van der Waals surface area contributed by atoms with Crippen LogP contribution >= 0.6 is 0 Å². The highest BCUT2D eigenvalue weighted by atomic mass is 14.2. The van der Waals surface area contributed by atoms with Crippen LogP contribution in [0.15, 0.2) is 206 Å². The molecule has 0 amide bonds. The Morgan fingerprint density at radius 2 is 0.893 bits per heavy atom. The Bertz CT molecular complexity index is 3220. The third-order valence-electron chi connectivity index (χ3n) is 11.5. The molecule has 11 aromatic rings. The van der Waals surface area contributed by atoms with Gasteiger partial charge in [-0.1, -0.05) is 182 Å². The van der Waals surface area contributed by atoms with Crippen molar-refractivity contribution in [1.29, 1.82) is 0 Å². The first-order valence-corrected chi connectivity index (χ1v) is 19.2. The van der Waals surface area contributed by atoms with Crippen LogP contribution in [-0.2, 0) is 0 Å². The van der Waals surface area contributed by atoms with Crippen molar-refractivity contribution in [2.75, 3.05) is 0 Å². The molecule has 0 aliphatic rings. The molecular weight excluding hydrogens is 673 g/mol. The average Bonchev–Trinajstić information content (AvgIpc) is 3.27. The second-order valence-corrected chi connectivity index (χ2v) is 14.7. The van der Waals surface area contributed by atoms with Crippen molar-refractivity contribution in [3.63, 3.8) is 0 Å². The molecule has 0 saturated carbocycles. The first-order chi connectivity index (χ1) is 27.8. The highest BCUT2D eigenvalue weighted by Crippen LogP contribution is 2.45. The molecule has 0 radical (unpaired) electrons. The molecular formula is C56H34. The lowest BCUT2D eigenvalue weighted by Crippen LogP contribution is -1.91. The summed E-state index contributed by atoms with van der Waals surface area (Å²) in [7, 11) is 0. The average molecular weight is 707 g/mol. The zero-order valence-corrected chi connectivity index (χ0v) is 30.6. The zero-order valence-electron chi connectivity index (χ0n) is 30.6. The summed E-state index contributed by atoms with van der Waals surface area (Å²) >= 11 is 0. The molecule has 0 heterocycles. The molecule has 0 spiro atoms. The van der Waals surface area contributed by atoms with Crippen LogP contribution in [-0.4, -0.2) is 0 Å². The van der Waals surface area contributed by atoms with Crippen molar-refractivity contribution in [3.8, 4) is 55.6 Å². The number of benzene rings is 10. The molecule has 0 unspecified atom stereocenters. The van der Waals surface area contributed by atoms with Crippen LogP contribution in [0.4, 0.5) is 0 Å². The van der Waals surface area contributed by atoms with Gasteiger partial charge in [-0.25, -0.2) is 0 Å². The van der Waals surface area contributed by atoms with Crippen LogP contribution in [0.2, 0.25) is 0 Å². The Morgan fingerprint density at radius 1 is 0.268 bits per heavy atom. The van der Waals surface area contributed by atoms with Gasteiger partial charge in [0.1, 0.15) is 0 Å². The maximum absolute atomic E-state index is 3.54. The van der Waals surface area contributed by atoms with E-state index in [0.717, 1.165) is 5.39 Å². The maximum Gasteiger partial charge on any atom is 0.0412 e. The fourth-order valence-electron chi connectivity index (χ4n) is 8.81. The van der Waals surface area contributed by atoms with Gasteiger partial charge >= 0.3 is 0 Å². The Labute approximate surface area is 326 Å². The lowest BCUT2D eigenvalue weighted by atomic mass is 9.85. The SMILES string of the molecule is c1ccc2c(-c3ccc4cc(-c5cccc6ccccc56)cc(-c5ccc(-c6ccc7ccccc7c6)cc5)c4c3)c3ccccc3c(-c3ccccc3)c2c#1. The van der Waals surface area contributed by atoms with Crippen LogP contribution < -0.4 is 0 Å². The monoisotopic (exact) mass is 706 g/mol. The Kier molecular flexibility index (Phi) is 7.51. The summed E-state index contributed by atoms with van der Waals surface area (Å²) in [4.78, 5) is 0. The van der Waals surface area contributed by atoms with Crippen molar-refractivity contribution in [2.45, 2.75) is 0 Å². The molecule has 0 saturated heterocycles. The quantitative estimate of drug-likeness (QED) is 0.167. The van der Waals surface area contributed by atoms with E-state index in [1.54, 1.807) is 0 Å². The molecule has 0 fully saturated rings. The Morgan fingerprint density at radius 3 is 1.73 bits per heavy atom. The Hall–Kier alpha value is -7.46. The molecule has 0 atom stereocenters. The van der Waals surface area contributed by atoms with Crippen LogP contribution in [0.5, 0.6) is 0 Å². The van der Waals surface area contributed by atoms with Gasteiger partial charge in [0.05, 0.1) is 0 Å². The van der Waals surface area contributed by atoms with Crippen molar-refractivity contribution in [2.24, 2.45) is 0 Å². The number of rotatable bonds is 5. The first kappa shape index (κ1) is 32.0. The molecule has 56 heavy (non-hydrogen) atoms. The van der Waals surface area contributed by atoms with Gasteiger partial charge in [0.25, 0.3) is 0 Å². The van der Waals surface area contributed by atoms with Crippen LogP contribution in [0.1, 0.15) is 0 Å². The standard InChI is InChI=1S/C56H34/c1-2-15-41(16-3-1)55-49-20-8-10-22-51(49)56(52-23-11-9-21-50(52)55)45-32-31-44-34-46(48-24-12-18-39-14-6-7-19-47(39)48)36-53(54(44)35-45)40-28-25-38(26-29-40)43-30-27-37-13-4-5-17-42(37)33-43/h1-8,10-20,22-36H. The van der Waals surface area contributed by atoms with Crippen molar-refractivity contribution < 1.29 is 0 Å². The zero-order chi connectivity index (χ0) is 37.0. The van der Waals surface area contributed by atoms with E-state index in [9.17, 15) is 0 Å². The number of hydrogen-bond acceptors (Lipinski definition) is 0. The molecule has 11 rings (SSSR count). The van der Waals surface area contributed by atoms with Gasteiger partial charge < -0.3 is 0 Å². The van der Waals surface area contributed by atoms with Gasteiger partial charge in [-0.2, -0.15) is 0 Å². The van der Waals surface area contributed by atoms with Crippen LogP contribution in [0.3, 0.4) is 0 Å². The molecule has 0 aliphatic heterocycles. The van der Waals surface area contributed by atoms with E-state index in [-0.39, 0.29) is 0 Å². The normalized spacial score (nSPS) is 11.4. The van der Waals surface area contributed by atoms with Crippen molar-refractivity contribution in [3.05, 3.63) is 218 Å². The molecule has 0 bridgehead atoms. The fourth-order valence-corrected chi connectivity index (χ4v) is 8.81. The summed E-state index contributed by atoms with van der Waals surface area (Å²) < 4.78 is 0. The van der Waals surface area contributed by atoms with Crippen LogP contribution in [0, 0.1) is 12.1 Å². The molecule has 0 aliphatic carbocycles. The lowest BCUT2D eigenvalue weighted by Gasteiger charge is -2.18. The number of hydrogen-bond donors (Lipinski definition) is 0. The molecule has 258 valence electrons. The van der Waals surface area contributed by atoms with E-state index in [2.05, 4.69) is 212 Å². The minimum Gasteiger partial charge on any atom is -0.0695 e. The van der Waals surface area contributed by atoms with E-state index < -0.39 is 0 Å². The molecule has 0 nitrogen and oxygen atoms in total. The maximum atomic E-state index is 3.54. The summed E-state index contributed by atoms with van der Waals surface area (Å²) in [6.45, 7) is 0. The van der Waals surface area contributed by atoms with Crippen molar-refractivity contribution in [1.82, 2.24) is 0 Å². The van der Waals surface area contributed by atoms with E-state index in [4.69, 9.17) is 0 Å². The van der Waals surface area contributed by atoms with Gasteiger partial charge in [-0.3, -0.25) is 0 Å². The summed E-state index contributed by atoms with van der Waals surface area (Å²) in [5, 5.41) is 12.1. The van der Waals surface area contributed by atoms with E-state index in [1.807, 2.05) is 6.07 Å². The highest BCUT2D eigenvalue weighted by Gasteiger charge is 2.18. The third-order valence-corrected chi connectivity index (χ3v) is 11.5. The summed E-state index contributed by atoms with van der Waals surface area (Å²) in [5.41, 5.74) is 12.1. The second kappa shape index (κ2) is 13.1. The van der Waals surface area contributed by atoms with Gasteiger partial charge in [0, 0.05) is 10.9 Å². The van der Waals surface area contributed by atoms with Gasteiger partial charge in [0.15, 0.2) is 0 Å². The van der Waals surface area contributed by atoms with E-state index in [0.29, 0.717) is 0 Å². The van der Waals surface area contributed by atoms with Crippen molar-refractivity contribution >= 4 is 53.9 Å². The summed E-state index contributed by atoms with van der Waals surface area (Å²) in [6.07, 6.45) is 0. The molecule has 11 aromatic carbocycles. The number of fused-ring (bicyclic) bond motifs is 5. The largest absolute Gasteiger partial charge is 0.0695 e. The predicted molar refractivity (Wildman–Crippen MR) is 239 cm³/mol. The van der Waals surface area contributed by atoms with Gasteiger partial charge in [0.2, 0.25) is 0 Å². The first-order valence-electron chi connectivity index (χ1n) is 19.2. The van der Waals surface area contributed by atoms with Crippen LogP contribution in [0.25, 0.3) is 109 Å². The highest BCUT2D eigenvalue weighted by molar-refractivity contribution is 6.21. The molecule has 0 N–H and O–H groups in total. The topological polar surface area (TPSA) is 0 Å². The summed E-state index contributed by atoms with van der Waals surface area (Å²) in [5.74, 6) is 0. The molecule has 0 aromatic heterocycles. The van der Waals surface area contributed by atoms with Gasteiger partial charge in [-0.05, 0) is 135 Å². The third kappa shape index (κ3) is 5.33. The summed E-state index contributed by atoms with van der Waals surface area (Å²) in [6, 6.07) is 82.1. The lowest BCUT2D eigenvalue weighted by molar-refractivity contribution is 1.61. The Balaban J connectivity index is 1.14. The minimum atomic E-state index is 1.09. The van der Waals surface area contributed by atoms with E-state index in [1.165, 1.54) is 104 Å². The predicted octanol–water partition coefficient (Wildman–Crippen LogP) is 15.4.